The van der Waals surface area contributed by atoms with Crippen molar-refractivity contribution in [1.82, 2.24) is 15.5 Å². The van der Waals surface area contributed by atoms with Crippen LogP contribution in [0.2, 0.25) is 0 Å². The van der Waals surface area contributed by atoms with E-state index in [9.17, 15) is 0 Å². The molecule has 0 spiro atoms. The molecule has 4 aliphatic rings. The van der Waals surface area contributed by atoms with Crippen molar-refractivity contribution in [2.75, 3.05) is 38.2 Å². The van der Waals surface area contributed by atoms with Crippen molar-refractivity contribution in [3.8, 4) is 0 Å². The van der Waals surface area contributed by atoms with Crippen LogP contribution >= 0.6 is 11.8 Å². The van der Waals surface area contributed by atoms with E-state index in [4.69, 9.17) is 4.74 Å². The summed E-state index contributed by atoms with van der Waals surface area (Å²) in [6, 6.07) is 0.443. The Labute approximate surface area is 156 Å². The summed E-state index contributed by atoms with van der Waals surface area (Å²) in [5, 5.41) is 7.35. The lowest BCUT2D eigenvalue weighted by atomic mass is 9.80. The maximum atomic E-state index is 5.98. The van der Waals surface area contributed by atoms with Crippen LogP contribution in [0.4, 0.5) is 0 Å². The Morgan fingerprint density at radius 3 is 2.64 bits per heavy atom. The van der Waals surface area contributed by atoms with Gasteiger partial charge in [0.1, 0.15) is 0 Å². The molecule has 2 bridgehead atoms. The monoisotopic (exact) mass is 366 g/mol. The van der Waals surface area contributed by atoms with E-state index in [1.807, 2.05) is 7.05 Å². The Bertz CT molecular complexity index is 474. The van der Waals surface area contributed by atoms with E-state index in [1.54, 1.807) is 0 Å². The van der Waals surface area contributed by atoms with Crippen LogP contribution in [0.15, 0.2) is 4.99 Å². The highest BCUT2D eigenvalue weighted by Crippen LogP contribution is 2.36. The van der Waals surface area contributed by atoms with Crippen LogP contribution in [-0.4, -0.2) is 72.8 Å². The van der Waals surface area contributed by atoms with Gasteiger partial charge < -0.3 is 15.4 Å². The number of hydrogen-bond acceptors (Lipinski definition) is 4. The van der Waals surface area contributed by atoms with Gasteiger partial charge >= 0.3 is 0 Å². The number of aliphatic imine (C=N–C) groups is 1. The number of nitrogens with zero attached hydrogens (tertiary/aromatic N) is 2. The predicted octanol–water partition coefficient (Wildman–Crippen LogP) is 2.22. The van der Waals surface area contributed by atoms with Crippen LogP contribution in [0, 0.1) is 0 Å². The molecule has 0 aromatic rings. The zero-order valence-electron chi connectivity index (χ0n) is 15.6. The van der Waals surface area contributed by atoms with E-state index < -0.39 is 0 Å². The summed E-state index contributed by atoms with van der Waals surface area (Å²) in [5.41, 5.74) is 0.335. The topological polar surface area (TPSA) is 48.9 Å². The van der Waals surface area contributed by atoms with Crippen molar-refractivity contribution in [3.05, 3.63) is 0 Å². The minimum atomic E-state index is 0.335. The molecule has 3 unspecified atom stereocenters. The first kappa shape index (κ1) is 17.9. The number of fused-ring (bicyclic) bond motifs is 2. The molecule has 0 radical (unpaired) electrons. The first-order valence-electron chi connectivity index (χ1n) is 10.2. The maximum Gasteiger partial charge on any atom is 0.191 e. The second-order valence-corrected chi connectivity index (χ2v) is 9.40. The molecule has 25 heavy (non-hydrogen) atoms. The van der Waals surface area contributed by atoms with Gasteiger partial charge in [0.2, 0.25) is 0 Å². The van der Waals surface area contributed by atoms with Gasteiger partial charge in [-0.1, -0.05) is 19.3 Å². The molecule has 1 saturated carbocycles. The molecule has 3 aliphatic heterocycles. The lowest BCUT2D eigenvalue weighted by Gasteiger charge is -2.48. The number of ether oxygens (including phenoxy) is 1. The number of guanidine groups is 1. The number of nitrogens with one attached hydrogen (secondary N) is 2. The fraction of sp³-hybridized carbons (Fsp3) is 0.947. The van der Waals surface area contributed by atoms with Gasteiger partial charge in [-0.05, 0) is 32.1 Å². The molecule has 3 atom stereocenters. The summed E-state index contributed by atoms with van der Waals surface area (Å²) in [6.45, 7) is 3.52. The molecule has 6 heteroatoms. The van der Waals surface area contributed by atoms with Crippen molar-refractivity contribution in [3.63, 3.8) is 0 Å². The third-order valence-electron chi connectivity index (χ3n) is 6.70. The molecule has 5 nitrogen and oxygen atoms in total. The second kappa shape index (κ2) is 8.05. The quantitative estimate of drug-likeness (QED) is 0.590. The lowest BCUT2D eigenvalue weighted by Crippen LogP contribution is -2.60. The summed E-state index contributed by atoms with van der Waals surface area (Å²) < 4.78 is 5.98. The first-order chi connectivity index (χ1) is 12.3. The van der Waals surface area contributed by atoms with Gasteiger partial charge in [-0.15, -0.1) is 0 Å². The van der Waals surface area contributed by atoms with Crippen molar-refractivity contribution in [2.24, 2.45) is 4.99 Å². The van der Waals surface area contributed by atoms with Crippen molar-refractivity contribution < 1.29 is 4.74 Å². The Morgan fingerprint density at radius 1 is 1.20 bits per heavy atom. The second-order valence-electron chi connectivity index (χ2n) is 8.17. The average molecular weight is 367 g/mol. The zero-order valence-corrected chi connectivity index (χ0v) is 16.5. The van der Waals surface area contributed by atoms with E-state index in [1.165, 1.54) is 69.5 Å². The molecule has 0 aromatic heterocycles. The van der Waals surface area contributed by atoms with Gasteiger partial charge in [0.25, 0.3) is 0 Å². The summed E-state index contributed by atoms with van der Waals surface area (Å²) in [6.07, 6.45) is 11.3. The summed E-state index contributed by atoms with van der Waals surface area (Å²) in [4.78, 5) is 7.29. The van der Waals surface area contributed by atoms with Crippen molar-refractivity contribution >= 4 is 17.7 Å². The molecule has 142 valence electrons. The van der Waals surface area contributed by atoms with Gasteiger partial charge in [0.15, 0.2) is 5.96 Å². The fourth-order valence-corrected chi connectivity index (χ4v) is 6.16. The number of thioether (sulfide) groups is 1. The highest BCUT2D eigenvalue weighted by atomic mass is 32.2. The molecule has 4 rings (SSSR count). The average Bonchev–Trinajstić information content (AvgIpc) is 3.29. The van der Waals surface area contributed by atoms with Crippen LogP contribution in [-0.2, 0) is 4.74 Å². The highest BCUT2D eigenvalue weighted by Gasteiger charge is 2.42. The van der Waals surface area contributed by atoms with E-state index in [0.717, 1.165) is 18.9 Å². The maximum absolute atomic E-state index is 5.98. The molecular formula is C19H34N4OS. The fourth-order valence-electron chi connectivity index (χ4n) is 5.26. The zero-order chi connectivity index (χ0) is 17.1. The first-order valence-corrected chi connectivity index (χ1v) is 11.4. The van der Waals surface area contributed by atoms with Gasteiger partial charge in [-0.3, -0.25) is 9.89 Å². The minimum Gasteiger partial charge on any atom is -0.373 e. The summed E-state index contributed by atoms with van der Waals surface area (Å²) in [7, 11) is 1.90. The third kappa shape index (κ3) is 3.96. The van der Waals surface area contributed by atoms with Crippen LogP contribution in [0.25, 0.3) is 0 Å². The van der Waals surface area contributed by atoms with E-state index in [0.29, 0.717) is 23.8 Å². The molecule has 3 heterocycles. The number of hydrogen-bond donors (Lipinski definition) is 2. The summed E-state index contributed by atoms with van der Waals surface area (Å²) >= 11 is 2.11. The molecule has 1 aliphatic carbocycles. The standard InChI is InChI=1S/C19H34N4OS/c1-20-18(22-16-13-15-5-6-17(16)24-15)21-14-19(7-3-2-4-8-19)23-9-11-25-12-10-23/h15-17H,2-14H2,1H3,(H2,20,21,22). The van der Waals surface area contributed by atoms with Gasteiger partial charge in [0, 0.05) is 43.7 Å². The molecule has 3 saturated heterocycles. The molecular weight excluding hydrogens is 332 g/mol. The molecule has 4 fully saturated rings. The normalized spacial score (nSPS) is 35.7. The van der Waals surface area contributed by atoms with Crippen molar-refractivity contribution in [1.29, 1.82) is 0 Å². The van der Waals surface area contributed by atoms with Gasteiger partial charge in [-0.25, -0.2) is 0 Å². The molecule has 0 amide bonds. The smallest absolute Gasteiger partial charge is 0.191 e. The van der Waals surface area contributed by atoms with E-state index in [2.05, 4.69) is 32.3 Å². The third-order valence-corrected chi connectivity index (χ3v) is 7.65. The highest BCUT2D eigenvalue weighted by molar-refractivity contribution is 7.99. The van der Waals surface area contributed by atoms with E-state index >= 15 is 0 Å². The number of rotatable bonds is 4. The van der Waals surface area contributed by atoms with Crippen LogP contribution < -0.4 is 10.6 Å². The Hall–Kier alpha value is -0.460. The van der Waals surface area contributed by atoms with Gasteiger partial charge in [0.05, 0.1) is 18.2 Å². The van der Waals surface area contributed by atoms with Crippen LogP contribution in [0.3, 0.4) is 0 Å². The lowest BCUT2D eigenvalue weighted by molar-refractivity contribution is 0.0624. The van der Waals surface area contributed by atoms with Crippen LogP contribution in [0.1, 0.15) is 51.4 Å². The largest absolute Gasteiger partial charge is 0.373 e. The Morgan fingerprint density at radius 2 is 2.00 bits per heavy atom. The SMILES string of the molecule is CN=C(NCC1(N2CCSCC2)CCCCC1)NC1CC2CCC1O2. The molecule has 2 N–H and O–H groups in total. The van der Waals surface area contributed by atoms with Gasteiger partial charge in [-0.2, -0.15) is 11.8 Å². The Balaban J connectivity index is 1.36. The van der Waals surface area contributed by atoms with Crippen molar-refractivity contribution in [2.45, 2.75) is 75.2 Å². The predicted molar refractivity (Wildman–Crippen MR) is 106 cm³/mol. The van der Waals surface area contributed by atoms with E-state index in [-0.39, 0.29) is 0 Å². The Kier molecular flexibility index (Phi) is 5.77. The summed E-state index contributed by atoms with van der Waals surface area (Å²) in [5.74, 6) is 3.55. The van der Waals surface area contributed by atoms with Crippen LogP contribution in [0.5, 0.6) is 0 Å². The molecule has 0 aromatic carbocycles. The minimum absolute atomic E-state index is 0.335.